The largest absolute Gasteiger partial charge is 0.353 e. The van der Waals surface area contributed by atoms with E-state index in [1.165, 1.54) is 16.0 Å². The summed E-state index contributed by atoms with van der Waals surface area (Å²) in [5.74, 6) is 0.0829. The summed E-state index contributed by atoms with van der Waals surface area (Å²) in [5.41, 5.74) is 2.58. The fourth-order valence-electron chi connectivity index (χ4n) is 4.14. The fourth-order valence-corrected chi connectivity index (χ4v) is 5.03. The van der Waals surface area contributed by atoms with Gasteiger partial charge in [-0.15, -0.1) is 11.3 Å². The zero-order valence-electron chi connectivity index (χ0n) is 16.1. The molecule has 1 atom stereocenters. The van der Waals surface area contributed by atoms with Crippen molar-refractivity contribution in [3.8, 4) is 0 Å². The van der Waals surface area contributed by atoms with E-state index < -0.39 is 0 Å². The lowest BCUT2D eigenvalue weighted by atomic mass is 10.0. The Labute approximate surface area is 170 Å². The Balaban J connectivity index is 1.34. The molecule has 1 saturated heterocycles. The summed E-state index contributed by atoms with van der Waals surface area (Å²) in [4.78, 5) is 30.9. The first kappa shape index (κ1) is 19.2. The Morgan fingerprint density at radius 3 is 2.89 bits per heavy atom. The van der Waals surface area contributed by atoms with E-state index in [0.29, 0.717) is 13.1 Å². The smallest absolute Gasteiger partial charge is 0.237 e. The fraction of sp³-hybridized carbons (Fsp3) is 0.455. The van der Waals surface area contributed by atoms with Crippen LogP contribution in [0.2, 0.25) is 0 Å². The third-order valence-corrected chi connectivity index (χ3v) is 6.75. The molecule has 28 heavy (non-hydrogen) atoms. The highest BCUT2D eigenvalue weighted by molar-refractivity contribution is 7.10. The molecule has 3 heterocycles. The van der Waals surface area contributed by atoms with Gasteiger partial charge in [0.25, 0.3) is 0 Å². The minimum Gasteiger partial charge on any atom is -0.353 e. The van der Waals surface area contributed by atoms with Crippen LogP contribution in [-0.2, 0) is 29.0 Å². The van der Waals surface area contributed by atoms with Crippen LogP contribution in [0.1, 0.15) is 28.8 Å². The van der Waals surface area contributed by atoms with Crippen LogP contribution in [0, 0.1) is 0 Å². The molecule has 0 aliphatic carbocycles. The first-order valence-electron chi connectivity index (χ1n) is 10.1. The molecule has 4 rings (SSSR count). The molecule has 2 aliphatic rings. The van der Waals surface area contributed by atoms with Crippen LogP contribution in [0.15, 0.2) is 41.8 Å². The van der Waals surface area contributed by atoms with Crippen LogP contribution in [0.3, 0.4) is 0 Å². The Kier molecular flexibility index (Phi) is 6.07. The number of fused-ring (bicyclic) bond motifs is 1. The van der Waals surface area contributed by atoms with Crippen LogP contribution in [0.5, 0.6) is 0 Å². The molecule has 0 radical (unpaired) electrons. The van der Waals surface area contributed by atoms with Gasteiger partial charge < -0.3 is 10.2 Å². The average Bonchev–Trinajstić information content (AvgIpc) is 3.19. The minimum atomic E-state index is -0.346. The predicted molar refractivity (Wildman–Crippen MR) is 111 cm³/mol. The van der Waals surface area contributed by atoms with E-state index >= 15 is 0 Å². The molecule has 5 nitrogen and oxygen atoms in total. The van der Waals surface area contributed by atoms with E-state index in [-0.39, 0.29) is 24.3 Å². The van der Waals surface area contributed by atoms with E-state index in [9.17, 15) is 9.59 Å². The standard InChI is InChI=1S/C22H27N3O2S/c26-21(25-12-8-20-18(16-25)9-14-28-20)15-19-22(27)23-10-13-24(19)11-4-7-17-5-2-1-3-6-17/h1-3,5-6,9,14,19H,4,7-8,10-13,15-16H2,(H,23,27)/t19-/m1/s1. The van der Waals surface area contributed by atoms with E-state index in [1.54, 1.807) is 11.3 Å². The van der Waals surface area contributed by atoms with Gasteiger partial charge in [0.15, 0.2) is 0 Å². The molecule has 1 fully saturated rings. The van der Waals surface area contributed by atoms with E-state index in [2.05, 4.69) is 45.9 Å². The van der Waals surface area contributed by atoms with Gasteiger partial charge in [-0.1, -0.05) is 30.3 Å². The van der Waals surface area contributed by atoms with Crippen LogP contribution in [-0.4, -0.2) is 53.8 Å². The Bertz CT molecular complexity index is 820. The average molecular weight is 398 g/mol. The van der Waals surface area contributed by atoms with Gasteiger partial charge >= 0.3 is 0 Å². The number of hydrogen-bond acceptors (Lipinski definition) is 4. The summed E-state index contributed by atoms with van der Waals surface area (Å²) in [6.07, 6.45) is 3.18. The summed E-state index contributed by atoms with van der Waals surface area (Å²) in [5, 5.41) is 5.04. The molecule has 0 saturated carbocycles. The van der Waals surface area contributed by atoms with Crippen molar-refractivity contribution in [2.24, 2.45) is 0 Å². The molecule has 2 amide bonds. The number of hydrogen-bond donors (Lipinski definition) is 1. The van der Waals surface area contributed by atoms with Crippen molar-refractivity contribution >= 4 is 23.2 Å². The molecule has 0 spiro atoms. The molecule has 6 heteroatoms. The molecule has 1 N–H and O–H groups in total. The quantitative estimate of drug-likeness (QED) is 0.815. The third-order valence-electron chi connectivity index (χ3n) is 5.72. The Morgan fingerprint density at radius 1 is 1.18 bits per heavy atom. The summed E-state index contributed by atoms with van der Waals surface area (Å²) in [6.45, 7) is 3.76. The first-order valence-corrected chi connectivity index (χ1v) is 11.0. The van der Waals surface area contributed by atoms with Gasteiger partial charge in [-0.05, 0) is 48.4 Å². The molecular formula is C22H27N3O2S. The normalized spacial score (nSPS) is 19.9. The second kappa shape index (κ2) is 8.88. The zero-order valence-corrected chi connectivity index (χ0v) is 16.9. The SMILES string of the molecule is O=C1NCCN(CCCc2ccccc2)[C@@H]1CC(=O)N1CCc2sccc2C1. The lowest BCUT2D eigenvalue weighted by Crippen LogP contribution is -2.57. The van der Waals surface area contributed by atoms with Gasteiger partial charge in [0.1, 0.15) is 0 Å². The van der Waals surface area contributed by atoms with Crippen LogP contribution >= 0.6 is 11.3 Å². The highest BCUT2D eigenvalue weighted by Gasteiger charge is 2.33. The zero-order chi connectivity index (χ0) is 19.3. The number of nitrogens with zero attached hydrogens (tertiary/aromatic N) is 2. The second-order valence-corrected chi connectivity index (χ2v) is 8.57. The molecular weight excluding hydrogens is 370 g/mol. The third kappa shape index (κ3) is 4.45. The number of benzene rings is 1. The number of carbonyl (C=O) groups is 2. The highest BCUT2D eigenvalue weighted by Crippen LogP contribution is 2.25. The maximum Gasteiger partial charge on any atom is 0.237 e. The van der Waals surface area contributed by atoms with Crippen LogP contribution in [0.25, 0.3) is 0 Å². The van der Waals surface area contributed by atoms with Gasteiger partial charge in [-0.25, -0.2) is 0 Å². The summed E-state index contributed by atoms with van der Waals surface area (Å²) in [6, 6.07) is 12.2. The number of rotatable bonds is 6. The maximum atomic E-state index is 12.9. The van der Waals surface area contributed by atoms with Gasteiger partial charge in [0.2, 0.25) is 11.8 Å². The van der Waals surface area contributed by atoms with Gasteiger partial charge in [-0.2, -0.15) is 0 Å². The van der Waals surface area contributed by atoms with E-state index in [4.69, 9.17) is 0 Å². The highest BCUT2D eigenvalue weighted by atomic mass is 32.1. The second-order valence-electron chi connectivity index (χ2n) is 7.57. The Morgan fingerprint density at radius 2 is 2.04 bits per heavy atom. The number of thiophene rings is 1. The molecule has 148 valence electrons. The van der Waals surface area contributed by atoms with Crippen molar-refractivity contribution in [1.82, 2.24) is 15.1 Å². The van der Waals surface area contributed by atoms with E-state index in [1.807, 2.05) is 11.0 Å². The molecule has 0 unspecified atom stereocenters. The van der Waals surface area contributed by atoms with Crippen LogP contribution in [0.4, 0.5) is 0 Å². The lowest BCUT2D eigenvalue weighted by molar-refractivity contribution is -0.139. The first-order chi connectivity index (χ1) is 13.7. The topological polar surface area (TPSA) is 52.7 Å². The van der Waals surface area contributed by atoms with Crippen molar-refractivity contribution in [2.45, 2.75) is 38.3 Å². The number of piperazine rings is 1. The minimum absolute atomic E-state index is 0.00690. The van der Waals surface area contributed by atoms with Crippen LogP contribution < -0.4 is 5.32 Å². The number of nitrogens with one attached hydrogen (secondary N) is 1. The molecule has 1 aromatic carbocycles. The van der Waals surface area contributed by atoms with Gasteiger partial charge in [-0.3, -0.25) is 14.5 Å². The lowest BCUT2D eigenvalue weighted by Gasteiger charge is -2.36. The van der Waals surface area contributed by atoms with E-state index in [0.717, 1.165) is 38.9 Å². The summed E-state index contributed by atoms with van der Waals surface area (Å²) in [7, 11) is 0. The molecule has 2 aromatic rings. The monoisotopic (exact) mass is 397 g/mol. The number of aryl methyl sites for hydroxylation is 1. The van der Waals surface area contributed by atoms with Gasteiger partial charge in [0.05, 0.1) is 12.5 Å². The molecule has 0 bridgehead atoms. The maximum absolute atomic E-state index is 12.9. The van der Waals surface area contributed by atoms with Crippen molar-refractivity contribution in [1.29, 1.82) is 0 Å². The van der Waals surface area contributed by atoms with Crippen molar-refractivity contribution < 1.29 is 9.59 Å². The van der Waals surface area contributed by atoms with Gasteiger partial charge in [0, 0.05) is 31.1 Å². The molecule has 2 aliphatic heterocycles. The van der Waals surface area contributed by atoms with Crippen molar-refractivity contribution in [3.05, 3.63) is 57.8 Å². The number of amides is 2. The molecule has 1 aromatic heterocycles. The van der Waals surface area contributed by atoms with Crippen molar-refractivity contribution in [3.63, 3.8) is 0 Å². The predicted octanol–water partition coefficient (Wildman–Crippen LogP) is 2.46. The summed E-state index contributed by atoms with van der Waals surface area (Å²) >= 11 is 1.77. The Hall–Kier alpha value is -2.18. The number of carbonyl (C=O) groups excluding carboxylic acids is 2. The van der Waals surface area contributed by atoms with Crippen molar-refractivity contribution in [2.75, 3.05) is 26.2 Å². The summed E-state index contributed by atoms with van der Waals surface area (Å²) < 4.78 is 0.